The van der Waals surface area contributed by atoms with Gasteiger partial charge < -0.3 is 15.7 Å². The molecule has 2 fully saturated rings. The van der Waals surface area contributed by atoms with Crippen LogP contribution in [0.3, 0.4) is 0 Å². The van der Waals surface area contributed by atoms with Crippen LogP contribution >= 0.6 is 0 Å². The molecule has 1 amide bonds. The van der Waals surface area contributed by atoms with Gasteiger partial charge in [0.05, 0.1) is 12.6 Å². The lowest BCUT2D eigenvalue weighted by Crippen LogP contribution is -2.44. The molecular formula is C13H24N2O2. The molecule has 0 spiro atoms. The number of nitrogens with two attached hydrogens (primary N) is 1. The first-order chi connectivity index (χ1) is 8.13. The molecular weight excluding hydrogens is 216 g/mol. The fraction of sp³-hybridized carbons (Fsp3) is 0.923. The van der Waals surface area contributed by atoms with Gasteiger partial charge in [0.1, 0.15) is 0 Å². The van der Waals surface area contributed by atoms with Gasteiger partial charge in [0.25, 0.3) is 0 Å². The Morgan fingerprint density at radius 2 is 1.94 bits per heavy atom. The largest absolute Gasteiger partial charge is 0.394 e. The summed E-state index contributed by atoms with van der Waals surface area (Å²) in [6.45, 7) is 3.03. The molecule has 1 saturated heterocycles. The van der Waals surface area contributed by atoms with Crippen LogP contribution in [0.1, 0.15) is 39.0 Å². The van der Waals surface area contributed by atoms with Gasteiger partial charge in [0.2, 0.25) is 5.91 Å². The topological polar surface area (TPSA) is 66.6 Å². The first-order valence-corrected chi connectivity index (χ1v) is 6.80. The highest BCUT2D eigenvalue weighted by molar-refractivity contribution is 5.79. The maximum absolute atomic E-state index is 12.4. The van der Waals surface area contributed by atoms with Gasteiger partial charge in [0.15, 0.2) is 0 Å². The van der Waals surface area contributed by atoms with Crippen LogP contribution in [0.25, 0.3) is 0 Å². The Morgan fingerprint density at radius 3 is 2.53 bits per heavy atom. The Morgan fingerprint density at radius 1 is 1.29 bits per heavy atom. The number of aliphatic hydroxyl groups excluding tert-OH is 1. The van der Waals surface area contributed by atoms with Gasteiger partial charge in [-0.15, -0.1) is 0 Å². The number of carbonyl (C=O) groups is 1. The summed E-state index contributed by atoms with van der Waals surface area (Å²) in [6, 6.07) is 0.322. The van der Waals surface area contributed by atoms with E-state index in [1.165, 1.54) is 0 Å². The van der Waals surface area contributed by atoms with E-state index in [0.717, 1.165) is 38.6 Å². The molecule has 0 radical (unpaired) electrons. The highest BCUT2D eigenvalue weighted by Crippen LogP contribution is 2.30. The van der Waals surface area contributed by atoms with E-state index in [2.05, 4.69) is 6.92 Å². The highest BCUT2D eigenvalue weighted by Gasteiger charge is 2.37. The van der Waals surface area contributed by atoms with E-state index in [9.17, 15) is 9.90 Å². The molecule has 2 rings (SSSR count). The first-order valence-electron chi connectivity index (χ1n) is 6.80. The van der Waals surface area contributed by atoms with Crippen LogP contribution in [-0.4, -0.2) is 41.1 Å². The van der Waals surface area contributed by atoms with Crippen molar-refractivity contribution in [2.24, 2.45) is 17.6 Å². The summed E-state index contributed by atoms with van der Waals surface area (Å²) in [6.07, 6.45) is 4.78. The zero-order chi connectivity index (χ0) is 12.4. The molecule has 0 aromatic rings. The van der Waals surface area contributed by atoms with E-state index in [0.29, 0.717) is 5.92 Å². The zero-order valence-electron chi connectivity index (χ0n) is 10.6. The average molecular weight is 240 g/mol. The van der Waals surface area contributed by atoms with Gasteiger partial charge in [-0.1, -0.05) is 6.92 Å². The number of rotatable bonds is 2. The maximum atomic E-state index is 12.4. The van der Waals surface area contributed by atoms with Crippen molar-refractivity contribution < 1.29 is 9.90 Å². The van der Waals surface area contributed by atoms with Crippen LogP contribution in [0.2, 0.25) is 0 Å². The number of hydrogen-bond donors (Lipinski definition) is 2. The van der Waals surface area contributed by atoms with Crippen molar-refractivity contribution in [3.8, 4) is 0 Å². The molecule has 3 N–H and O–H groups in total. The van der Waals surface area contributed by atoms with Gasteiger partial charge in [-0.2, -0.15) is 0 Å². The van der Waals surface area contributed by atoms with E-state index in [4.69, 9.17) is 5.73 Å². The molecule has 2 unspecified atom stereocenters. The zero-order valence-corrected chi connectivity index (χ0v) is 10.6. The summed E-state index contributed by atoms with van der Waals surface area (Å²) in [5.74, 6) is 0.823. The highest BCUT2D eigenvalue weighted by atomic mass is 16.3. The first kappa shape index (κ1) is 12.8. The van der Waals surface area contributed by atoms with E-state index in [1.807, 2.05) is 4.90 Å². The third kappa shape index (κ3) is 2.63. The third-order valence-corrected chi connectivity index (χ3v) is 4.47. The second-order valence-corrected chi connectivity index (χ2v) is 5.66. The van der Waals surface area contributed by atoms with Crippen molar-refractivity contribution in [3.05, 3.63) is 0 Å². The van der Waals surface area contributed by atoms with Gasteiger partial charge in [-0.25, -0.2) is 0 Å². The number of likely N-dealkylation sites (tertiary alicyclic amines) is 1. The summed E-state index contributed by atoms with van der Waals surface area (Å²) in [5.41, 5.74) is 5.86. The number of carbonyl (C=O) groups excluding carboxylic acids is 1. The van der Waals surface area contributed by atoms with Crippen molar-refractivity contribution in [2.45, 2.75) is 51.1 Å². The van der Waals surface area contributed by atoms with Crippen LogP contribution in [0.15, 0.2) is 0 Å². The van der Waals surface area contributed by atoms with E-state index in [1.54, 1.807) is 0 Å². The molecule has 1 heterocycles. The van der Waals surface area contributed by atoms with E-state index in [-0.39, 0.29) is 30.5 Å². The molecule has 4 heteroatoms. The lowest BCUT2D eigenvalue weighted by Gasteiger charge is -2.32. The summed E-state index contributed by atoms with van der Waals surface area (Å²) in [7, 11) is 0. The minimum Gasteiger partial charge on any atom is -0.394 e. The summed E-state index contributed by atoms with van der Waals surface area (Å²) in [5, 5.41) is 9.38. The van der Waals surface area contributed by atoms with E-state index < -0.39 is 0 Å². The smallest absolute Gasteiger partial charge is 0.226 e. The predicted octanol–water partition coefficient (Wildman–Crippen LogP) is 0.733. The molecule has 0 bridgehead atoms. The lowest BCUT2D eigenvalue weighted by molar-refractivity contribution is -0.138. The lowest BCUT2D eigenvalue weighted by atomic mass is 9.85. The Labute approximate surface area is 103 Å². The van der Waals surface area contributed by atoms with Crippen LogP contribution in [0, 0.1) is 11.8 Å². The van der Waals surface area contributed by atoms with E-state index >= 15 is 0 Å². The molecule has 98 valence electrons. The Bertz CT molecular complexity index is 275. The molecule has 4 nitrogen and oxygen atoms in total. The fourth-order valence-electron chi connectivity index (χ4n) is 3.16. The number of amides is 1. The van der Waals surface area contributed by atoms with Gasteiger partial charge in [0, 0.05) is 18.5 Å². The Kier molecular flexibility index (Phi) is 4.05. The molecule has 2 atom stereocenters. The summed E-state index contributed by atoms with van der Waals surface area (Å²) < 4.78 is 0. The standard InChI is InChI=1S/C13H24N2O2/c1-9-6-7-15(12(9)8-16)13(17)10-2-4-11(14)5-3-10/h9-12,16H,2-8,14H2,1H3. The van der Waals surface area contributed by atoms with Gasteiger partial charge in [-0.3, -0.25) is 4.79 Å². The third-order valence-electron chi connectivity index (χ3n) is 4.47. The quantitative estimate of drug-likeness (QED) is 0.748. The van der Waals surface area contributed by atoms with Crippen molar-refractivity contribution in [3.63, 3.8) is 0 Å². The Balaban J connectivity index is 1.95. The van der Waals surface area contributed by atoms with Crippen molar-refractivity contribution in [2.75, 3.05) is 13.2 Å². The molecule has 1 aliphatic carbocycles. The normalized spacial score (nSPS) is 38.4. The van der Waals surface area contributed by atoms with Crippen molar-refractivity contribution >= 4 is 5.91 Å². The molecule has 1 aliphatic heterocycles. The predicted molar refractivity (Wildman–Crippen MR) is 66.3 cm³/mol. The second-order valence-electron chi connectivity index (χ2n) is 5.66. The molecule has 17 heavy (non-hydrogen) atoms. The van der Waals surface area contributed by atoms with Crippen LogP contribution in [0.4, 0.5) is 0 Å². The van der Waals surface area contributed by atoms with Crippen LogP contribution in [0.5, 0.6) is 0 Å². The average Bonchev–Trinajstić information content (AvgIpc) is 2.70. The SMILES string of the molecule is CC1CCN(C(=O)C2CCC(N)CC2)C1CO. The van der Waals surface area contributed by atoms with Crippen molar-refractivity contribution in [1.82, 2.24) is 4.90 Å². The molecule has 2 aliphatic rings. The second kappa shape index (κ2) is 5.36. The minimum absolute atomic E-state index is 0.0399. The number of nitrogens with zero attached hydrogens (tertiary/aromatic N) is 1. The number of aliphatic hydroxyl groups is 1. The minimum atomic E-state index is 0.0399. The van der Waals surface area contributed by atoms with Gasteiger partial charge in [-0.05, 0) is 38.0 Å². The number of hydrogen-bond acceptors (Lipinski definition) is 3. The monoisotopic (exact) mass is 240 g/mol. The summed E-state index contributed by atoms with van der Waals surface area (Å²) >= 11 is 0. The van der Waals surface area contributed by atoms with Crippen molar-refractivity contribution in [1.29, 1.82) is 0 Å². The van der Waals surface area contributed by atoms with Gasteiger partial charge >= 0.3 is 0 Å². The maximum Gasteiger partial charge on any atom is 0.226 e. The molecule has 0 aromatic carbocycles. The summed E-state index contributed by atoms with van der Waals surface area (Å²) in [4.78, 5) is 14.3. The Hall–Kier alpha value is -0.610. The van der Waals surface area contributed by atoms with Crippen LogP contribution in [-0.2, 0) is 4.79 Å². The van der Waals surface area contributed by atoms with Crippen LogP contribution < -0.4 is 5.73 Å². The fourth-order valence-corrected chi connectivity index (χ4v) is 3.16. The molecule has 0 aromatic heterocycles. The molecule has 1 saturated carbocycles.